The van der Waals surface area contributed by atoms with Gasteiger partial charge in [-0.25, -0.2) is 0 Å². The average Bonchev–Trinajstić information content (AvgIpc) is 2.46. The van der Waals surface area contributed by atoms with Crippen molar-refractivity contribution < 1.29 is 0 Å². The highest BCUT2D eigenvalue weighted by atomic mass is 14.9. The molecule has 0 aliphatic carbocycles. The molecule has 0 aliphatic rings. The van der Waals surface area contributed by atoms with Gasteiger partial charge >= 0.3 is 0 Å². The number of rotatable bonds is 4. The van der Waals surface area contributed by atoms with Gasteiger partial charge in [-0.15, -0.1) is 0 Å². The predicted octanol–water partition coefficient (Wildman–Crippen LogP) is 4.19. The van der Waals surface area contributed by atoms with Crippen molar-refractivity contribution in [2.45, 2.75) is 45.6 Å². The summed E-state index contributed by atoms with van der Waals surface area (Å²) in [6.45, 7) is 8.80. The topological polar surface area (TPSA) is 24.9 Å². The number of hydrogen-bond acceptors (Lipinski definition) is 2. The molecular formula is C19H26N2. The minimum Gasteiger partial charge on any atom is -0.313 e. The van der Waals surface area contributed by atoms with Gasteiger partial charge in [0.15, 0.2) is 0 Å². The zero-order chi connectivity index (χ0) is 15.5. The quantitative estimate of drug-likeness (QED) is 0.909. The van der Waals surface area contributed by atoms with Crippen LogP contribution in [-0.4, -0.2) is 12.0 Å². The van der Waals surface area contributed by atoms with Gasteiger partial charge in [0, 0.05) is 24.4 Å². The second kappa shape index (κ2) is 6.40. The molecule has 0 amide bonds. The zero-order valence-corrected chi connectivity index (χ0v) is 13.8. The number of benzene rings is 1. The van der Waals surface area contributed by atoms with Gasteiger partial charge in [0.05, 0.1) is 0 Å². The van der Waals surface area contributed by atoms with E-state index in [9.17, 15) is 0 Å². The van der Waals surface area contributed by atoms with Crippen LogP contribution in [0.15, 0.2) is 42.6 Å². The number of aryl methyl sites for hydroxylation is 1. The predicted molar refractivity (Wildman–Crippen MR) is 89.6 cm³/mol. The second-order valence-corrected chi connectivity index (χ2v) is 6.74. The monoisotopic (exact) mass is 282 g/mol. The lowest BCUT2D eigenvalue weighted by molar-refractivity contribution is 0.575. The van der Waals surface area contributed by atoms with Gasteiger partial charge in [-0.3, -0.25) is 4.98 Å². The first-order valence-electron chi connectivity index (χ1n) is 7.59. The van der Waals surface area contributed by atoms with E-state index in [-0.39, 0.29) is 5.41 Å². The Labute approximate surface area is 128 Å². The van der Waals surface area contributed by atoms with Crippen LogP contribution in [0, 0.1) is 6.92 Å². The third-order valence-electron chi connectivity index (χ3n) is 3.91. The van der Waals surface area contributed by atoms with E-state index >= 15 is 0 Å². The largest absolute Gasteiger partial charge is 0.313 e. The Bertz CT molecular complexity index is 562. The van der Waals surface area contributed by atoms with E-state index in [0.717, 1.165) is 12.1 Å². The summed E-state index contributed by atoms with van der Waals surface area (Å²) < 4.78 is 0. The van der Waals surface area contributed by atoms with E-state index in [1.165, 1.54) is 16.7 Å². The maximum Gasteiger partial charge on any atom is 0.0422 e. The molecule has 0 spiro atoms. The normalized spacial score (nSPS) is 13.2. The number of likely N-dealkylation sites (N-methyl/N-ethyl adjacent to an activating group) is 1. The molecule has 0 bridgehead atoms. The van der Waals surface area contributed by atoms with Gasteiger partial charge in [0.1, 0.15) is 0 Å². The summed E-state index contributed by atoms with van der Waals surface area (Å²) in [5.41, 5.74) is 5.21. The van der Waals surface area contributed by atoms with E-state index in [1.54, 1.807) is 0 Å². The number of nitrogens with one attached hydrogen (secondary N) is 1. The summed E-state index contributed by atoms with van der Waals surface area (Å²) in [4.78, 5) is 4.51. The first-order valence-corrected chi connectivity index (χ1v) is 7.59. The Balaban J connectivity index is 2.15. The molecule has 0 saturated carbocycles. The lowest BCUT2D eigenvalue weighted by Crippen LogP contribution is -2.20. The minimum atomic E-state index is 0.201. The Morgan fingerprint density at radius 1 is 1.05 bits per heavy atom. The average molecular weight is 282 g/mol. The van der Waals surface area contributed by atoms with E-state index in [2.05, 4.69) is 74.4 Å². The molecule has 1 unspecified atom stereocenters. The van der Waals surface area contributed by atoms with Crippen LogP contribution in [0.3, 0.4) is 0 Å². The van der Waals surface area contributed by atoms with Gasteiger partial charge in [0.2, 0.25) is 0 Å². The molecule has 1 heterocycles. The van der Waals surface area contributed by atoms with Crippen molar-refractivity contribution in [1.29, 1.82) is 0 Å². The Kier molecular flexibility index (Phi) is 4.79. The van der Waals surface area contributed by atoms with Crippen LogP contribution in [-0.2, 0) is 11.8 Å². The molecule has 1 aromatic carbocycles. The van der Waals surface area contributed by atoms with E-state index in [1.807, 2.05) is 13.2 Å². The number of nitrogens with zero attached hydrogens (tertiary/aromatic N) is 1. The summed E-state index contributed by atoms with van der Waals surface area (Å²) in [7, 11) is 2.01. The molecule has 2 heteroatoms. The highest BCUT2D eigenvalue weighted by Crippen LogP contribution is 2.25. The smallest absolute Gasteiger partial charge is 0.0422 e. The van der Waals surface area contributed by atoms with Gasteiger partial charge in [-0.1, -0.05) is 51.1 Å². The fourth-order valence-corrected chi connectivity index (χ4v) is 2.43. The molecule has 0 aliphatic heterocycles. The zero-order valence-electron chi connectivity index (χ0n) is 13.8. The molecule has 0 radical (unpaired) electrons. The summed E-state index contributed by atoms with van der Waals surface area (Å²) >= 11 is 0. The highest BCUT2D eigenvalue weighted by molar-refractivity contribution is 5.30. The first kappa shape index (κ1) is 15.7. The molecule has 0 fully saturated rings. The van der Waals surface area contributed by atoms with E-state index in [0.29, 0.717) is 6.04 Å². The molecule has 0 saturated heterocycles. The standard InChI is InChI=1S/C19H26N2/c1-14-6-11-17(21-13-14)12-18(20-5)15-7-9-16(10-8-15)19(2,3)4/h6-11,13,18,20H,12H2,1-5H3. The maximum atomic E-state index is 4.51. The van der Waals surface area contributed by atoms with Crippen LogP contribution in [0.25, 0.3) is 0 Å². The van der Waals surface area contributed by atoms with E-state index in [4.69, 9.17) is 0 Å². The summed E-state index contributed by atoms with van der Waals surface area (Å²) in [6, 6.07) is 13.5. The van der Waals surface area contributed by atoms with Gasteiger partial charge < -0.3 is 5.32 Å². The van der Waals surface area contributed by atoms with Crippen molar-refractivity contribution in [3.8, 4) is 0 Å². The fourth-order valence-electron chi connectivity index (χ4n) is 2.43. The lowest BCUT2D eigenvalue weighted by Gasteiger charge is -2.21. The molecule has 112 valence electrons. The fraction of sp³-hybridized carbons (Fsp3) is 0.421. The third-order valence-corrected chi connectivity index (χ3v) is 3.91. The van der Waals surface area contributed by atoms with Crippen molar-refractivity contribution in [2.24, 2.45) is 0 Å². The second-order valence-electron chi connectivity index (χ2n) is 6.74. The molecule has 1 aromatic heterocycles. The Morgan fingerprint density at radius 2 is 1.71 bits per heavy atom. The van der Waals surface area contributed by atoms with Crippen LogP contribution in [0.4, 0.5) is 0 Å². The van der Waals surface area contributed by atoms with Crippen LogP contribution < -0.4 is 5.32 Å². The van der Waals surface area contributed by atoms with Gasteiger partial charge in [0.25, 0.3) is 0 Å². The minimum absolute atomic E-state index is 0.201. The Morgan fingerprint density at radius 3 is 2.19 bits per heavy atom. The third kappa shape index (κ3) is 4.15. The van der Waals surface area contributed by atoms with Crippen LogP contribution in [0.2, 0.25) is 0 Å². The molecule has 1 N–H and O–H groups in total. The maximum absolute atomic E-state index is 4.51. The summed E-state index contributed by atoms with van der Waals surface area (Å²) in [6.07, 6.45) is 2.84. The SMILES string of the molecule is CNC(Cc1ccc(C)cn1)c1ccc(C(C)(C)C)cc1. The first-order chi connectivity index (χ1) is 9.90. The molecule has 2 nitrogen and oxygen atoms in total. The Hall–Kier alpha value is -1.67. The molecule has 21 heavy (non-hydrogen) atoms. The van der Waals surface area contributed by atoms with Crippen LogP contribution >= 0.6 is 0 Å². The van der Waals surface area contributed by atoms with Gasteiger partial charge in [-0.2, -0.15) is 0 Å². The summed E-state index contributed by atoms with van der Waals surface area (Å²) in [5, 5.41) is 3.40. The summed E-state index contributed by atoms with van der Waals surface area (Å²) in [5.74, 6) is 0. The lowest BCUT2D eigenvalue weighted by atomic mass is 9.86. The van der Waals surface area contributed by atoms with Crippen molar-refractivity contribution in [3.05, 3.63) is 65.0 Å². The van der Waals surface area contributed by atoms with E-state index < -0.39 is 0 Å². The number of pyridine rings is 1. The molecule has 1 atom stereocenters. The molecule has 2 aromatic rings. The van der Waals surface area contributed by atoms with Crippen molar-refractivity contribution >= 4 is 0 Å². The highest BCUT2D eigenvalue weighted by Gasteiger charge is 2.15. The van der Waals surface area contributed by atoms with Crippen molar-refractivity contribution in [1.82, 2.24) is 10.3 Å². The molecular weight excluding hydrogens is 256 g/mol. The van der Waals surface area contributed by atoms with Gasteiger partial charge in [-0.05, 0) is 42.1 Å². The molecule has 2 rings (SSSR count). The van der Waals surface area contributed by atoms with Crippen LogP contribution in [0.1, 0.15) is 49.2 Å². The number of hydrogen-bond donors (Lipinski definition) is 1. The van der Waals surface area contributed by atoms with Crippen LogP contribution in [0.5, 0.6) is 0 Å². The number of aromatic nitrogens is 1. The van der Waals surface area contributed by atoms with Crippen molar-refractivity contribution in [2.75, 3.05) is 7.05 Å². The van der Waals surface area contributed by atoms with Crippen molar-refractivity contribution in [3.63, 3.8) is 0 Å².